The number of rotatable bonds is 2. The minimum absolute atomic E-state index is 0.361. The molecule has 0 unspecified atom stereocenters. The highest BCUT2D eigenvalue weighted by Crippen LogP contribution is 2.38. The van der Waals surface area contributed by atoms with Gasteiger partial charge in [-0.05, 0) is 41.7 Å². The van der Waals surface area contributed by atoms with E-state index in [-0.39, 0.29) is 5.97 Å². The minimum atomic E-state index is -0.361. The molecule has 0 amide bonds. The van der Waals surface area contributed by atoms with Gasteiger partial charge in [-0.25, -0.2) is 4.79 Å². The fraction of sp³-hybridized carbons (Fsp3) is 0.176. The van der Waals surface area contributed by atoms with Crippen LogP contribution in [0.25, 0.3) is 5.57 Å². The van der Waals surface area contributed by atoms with Crippen LogP contribution in [0, 0.1) is 0 Å². The maximum absolute atomic E-state index is 11.8. The Hall–Kier alpha value is -1.84. The summed E-state index contributed by atoms with van der Waals surface area (Å²) in [5.41, 5.74) is 4.32. The quantitative estimate of drug-likeness (QED) is 0.756. The largest absolute Gasteiger partial charge is 0.465 e. The summed E-state index contributed by atoms with van der Waals surface area (Å²) >= 11 is 12.6. The number of aromatic nitrogens is 1. The molecule has 3 rings (SSSR count). The third-order valence-corrected chi connectivity index (χ3v) is 4.28. The lowest BCUT2D eigenvalue weighted by atomic mass is 9.86. The van der Waals surface area contributed by atoms with Gasteiger partial charge in [0.25, 0.3) is 0 Å². The Morgan fingerprint density at radius 2 is 1.95 bits per heavy atom. The molecule has 1 aliphatic rings. The topological polar surface area (TPSA) is 39.2 Å². The van der Waals surface area contributed by atoms with Gasteiger partial charge in [0.2, 0.25) is 0 Å². The molecule has 2 aromatic rings. The molecule has 3 nitrogen and oxygen atoms in total. The number of pyridine rings is 1. The maximum Gasteiger partial charge on any atom is 0.337 e. The minimum Gasteiger partial charge on any atom is -0.465 e. The van der Waals surface area contributed by atoms with E-state index in [9.17, 15) is 4.79 Å². The van der Waals surface area contributed by atoms with Crippen molar-refractivity contribution in [3.63, 3.8) is 0 Å². The number of methoxy groups -OCH3 is 1. The predicted octanol–water partition coefficient (Wildman–Crippen LogP) is 4.55. The molecule has 5 heteroatoms. The highest BCUT2D eigenvalue weighted by Gasteiger charge is 2.20. The van der Waals surface area contributed by atoms with E-state index < -0.39 is 0 Å². The molecule has 1 aliphatic carbocycles. The van der Waals surface area contributed by atoms with Gasteiger partial charge in [-0.15, -0.1) is 0 Å². The number of ether oxygens (including phenoxy) is 1. The van der Waals surface area contributed by atoms with Crippen molar-refractivity contribution in [3.05, 3.63) is 69.0 Å². The van der Waals surface area contributed by atoms with Crippen molar-refractivity contribution in [2.24, 2.45) is 0 Å². The monoisotopic (exact) mass is 333 g/mol. The first-order valence-corrected chi connectivity index (χ1v) is 7.58. The predicted molar refractivity (Wildman–Crippen MR) is 87.4 cm³/mol. The summed E-state index contributed by atoms with van der Waals surface area (Å²) in [6.07, 6.45) is 7.05. The number of fused-ring (bicyclic) bond motifs is 1. The summed E-state index contributed by atoms with van der Waals surface area (Å²) in [4.78, 5) is 15.8. The number of hydrogen-bond acceptors (Lipinski definition) is 3. The number of hydrogen-bond donors (Lipinski definition) is 0. The Morgan fingerprint density at radius 3 is 2.64 bits per heavy atom. The van der Waals surface area contributed by atoms with Crippen molar-refractivity contribution in [2.45, 2.75) is 12.8 Å². The van der Waals surface area contributed by atoms with Crippen LogP contribution < -0.4 is 0 Å². The third kappa shape index (κ3) is 2.62. The van der Waals surface area contributed by atoms with Gasteiger partial charge < -0.3 is 4.74 Å². The van der Waals surface area contributed by atoms with Crippen LogP contribution in [0.3, 0.4) is 0 Å². The number of esters is 1. The fourth-order valence-corrected chi connectivity index (χ4v) is 3.25. The second-order valence-electron chi connectivity index (χ2n) is 5.00. The molecule has 1 aromatic heterocycles. The Labute approximate surface area is 138 Å². The average Bonchev–Trinajstić information content (AvgIpc) is 2.53. The van der Waals surface area contributed by atoms with Crippen LogP contribution in [0.2, 0.25) is 10.0 Å². The van der Waals surface area contributed by atoms with Gasteiger partial charge in [-0.3, -0.25) is 4.98 Å². The third-order valence-electron chi connectivity index (χ3n) is 3.71. The summed E-state index contributed by atoms with van der Waals surface area (Å²) in [6.45, 7) is 0. The number of halogens is 2. The molecule has 0 saturated carbocycles. The smallest absolute Gasteiger partial charge is 0.337 e. The highest BCUT2D eigenvalue weighted by molar-refractivity contribution is 6.37. The number of carbonyl (C=O) groups is 1. The lowest BCUT2D eigenvalue weighted by Gasteiger charge is -2.20. The van der Waals surface area contributed by atoms with E-state index in [1.54, 1.807) is 18.5 Å². The molecular formula is C17H13Cl2NO2. The van der Waals surface area contributed by atoms with Gasteiger partial charge in [0.1, 0.15) is 0 Å². The number of nitrogens with zero attached hydrogens (tertiary/aromatic N) is 1. The zero-order valence-electron chi connectivity index (χ0n) is 11.9. The molecule has 1 aromatic carbocycles. The molecule has 0 saturated heterocycles. The first-order valence-electron chi connectivity index (χ1n) is 6.83. The average molecular weight is 334 g/mol. The Bertz CT molecular complexity index is 764. The van der Waals surface area contributed by atoms with Crippen molar-refractivity contribution >= 4 is 34.7 Å². The van der Waals surface area contributed by atoms with E-state index in [0.717, 1.165) is 35.1 Å². The van der Waals surface area contributed by atoms with Crippen molar-refractivity contribution in [1.82, 2.24) is 4.98 Å². The molecular weight excluding hydrogens is 321 g/mol. The number of aryl methyl sites for hydroxylation is 1. The SMILES string of the molecule is COC(=O)c1ccc2c(c1)C(c1c(Cl)cncc1Cl)=CCC2. The van der Waals surface area contributed by atoms with Crippen molar-refractivity contribution in [1.29, 1.82) is 0 Å². The van der Waals surface area contributed by atoms with Gasteiger partial charge in [0.15, 0.2) is 0 Å². The van der Waals surface area contributed by atoms with Crippen molar-refractivity contribution in [3.8, 4) is 0 Å². The first-order chi connectivity index (χ1) is 10.6. The van der Waals surface area contributed by atoms with E-state index in [4.69, 9.17) is 27.9 Å². The van der Waals surface area contributed by atoms with Crippen molar-refractivity contribution < 1.29 is 9.53 Å². The first kappa shape index (κ1) is 15.1. The molecule has 1 heterocycles. The summed E-state index contributed by atoms with van der Waals surface area (Å²) in [7, 11) is 1.37. The Balaban J connectivity index is 2.17. The molecule has 112 valence electrons. The molecule has 0 fully saturated rings. The van der Waals surface area contributed by atoms with Crippen LogP contribution in [0.1, 0.15) is 33.5 Å². The van der Waals surface area contributed by atoms with Gasteiger partial charge >= 0.3 is 5.97 Å². The van der Waals surface area contributed by atoms with Gasteiger partial charge in [-0.2, -0.15) is 0 Å². The standard InChI is InChI=1S/C17H13Cl2NO2/c1-22-17(21)11-6-5-10-3-2-4-12(13(10)7-11)16-14(18)8-20-9-15(16)19/h4-9H,2-3H2,1H3. The van der Waals surface area contributed by atoms with Crippen molar-refractivity contribution in [2.75, 3.05) is 7.11 Å². The second kappa shape index (κ2) is 6.11. The van der Waals surface area contributed by atoms with Crippen LogP contribution in [0.5, 0.6) is 0 Å². The lowest BCUT2D eigenvalue weighted by molar-refractivity contribution is 0.0600. The van der Waals surface area contributed by atoms with E-state index in [1.165, 1.54) is 7.11 Å². The molecule has 0 atom stereocenters. The maximum atomic E-state index is 11.8. The molecule has 0 N–H and O–H groups in total. The number of benzene rings is 1. The lowest BCUT2D eigenvalue weighted by Crippen LogP contribution is -2.07. The summed E-state index contributed by atoms with van der Waals surface area (Å²) < 4.78 is 4.80. The van der Waals surface area contributed by atoms with Crippen LogP contribution in [0.15, 0.2) is 36.7 Å². The molecule has 0 aliphatic heterocycles. The molecule has 0 radical (unpaired) electrons. The van der Waals surface area contributed by atoms with Gasteiger partial charge in [-0.1, -0.05) is 35.3 Å². The van der Waals surface area contributed by atoms with E-state index in [1.807, 2.05) is 12.1 Å². The zero-order valence-corrected chi connectivity index (χ0v) is 13.4. The van der Waals surface area contributed by atoms with Crippen LogP contribution >= 0.6 is 23.2 Å². The van der Waals surface area contributed by atoms with E-state index in [0.29, 0.717) is 15.6 Å². The fourth-order valence-electron chi connectivity index (χ4n) is 2.68. The Kier molecular flexibility index (Phi) is 4.19. The highest BCUT2D eigenvalue weighted by atomic mass is 35.5. The van der Waals surface area contributed by atoms with Crippen LogP contribution in [-0.4, -0.2) is 18.1 Å². The van der Waals surface area contributed by atoms with Gasteiger partial charge in [0.05, 0.1) is 22.7 Å². The van der Waals surface area contributed by atoms with Gasteiger partial charge in [0, 0.05) is 18.0 Å². The molecule has 0 spiro atoms. The molecule has 22 heavy (non-hydrogen) atoms. The summed E-state index contributed by atoms with van der Waals surface area (Å²) in [5, 5.41) is 0.991. The second-order valence-corrected chi connectivity index (χ2v) is 5.81. The summed E-state index contributed by atoms with van der Waals surface area (Å²) in [6, 6.07) is 5.57. The van der Waals surface area contributed by atoms with E-state index >= 15 is 0 Å². The Morgan fingerprint density at radius 1 is 1.23 bits per heavy atom. The van der Waals surface area contributed by atoms with E-state index in [2.05, 4.69) is 11.1 Å². The van der Waals surface area contributed by atoms with Crippen LogP contribution in [-0.2, 0) is 11.2 Å². The summed E-state index contributed by atoms with van der Waals surface area (Å²) in [5.74, 6) is -0.361. The molecule has 0 bridgehead atoms. The normalized spacial score (nSPS) is 13.3. The number of allylic oxidation sites excluding steroid dienone is 1. The zero-order chi connectivity index (χ0) is 15.7. The number of carbonyl (C=O) groups excluding carboxylic acids is 1. The van der Waals surface area contributed by atoms with Crippen LogP contribution in [0.4, 0.5) is 0 Å².